The number of rotatable bonds is 6. The Morgan fingerprint density at radius 2 is 1.76 bits per heavy atom. The summed E-state index contributed by atoms with van der Waals surface area (Å²) < 4.78 is 5.43. The fraction of sp³-hybridized carbons (Fsp3) is 0.400. The van der Waals surface area contributed by atoms with Crippen molar-refractivity contribution >= 4 is 17.5 Å². The van der Waals surface area contributed by atoms with Crippen LogP contribution in [-0.2, 0) is 13.0 Å². The summed E-state index contributed by atoms with van der Waals surface area (Å²) >= 11 is 5.87. The Morgan fingerprint density at radius 3 is 2.38 bits per heavy atom. The zero-order valence-corrected chi connectivity index (χ0v) is 13.2. The third kappa shape index (κ3) is 4.86. The van der Waals surface area contributed by atoms with Gasteiger partial charge < -0.3 is 10.1 Å². The maximum atomic E-state index is 5.87. The lowest BCUT2D eigenvalue weighted by molar-refractivity contribution is 0.222. The lowest BCUT2D eigenvalue weighted by Crippen LogP contribution is -2.11. The summed E-state index contributed by atoms with van der Waals surface area (Å²) in [6.45, 7) is 6.56. The molecule has 0 unspecified atom stereocenters. The Kier molecular flexibility index (Phi) is 5.33. The van der Waals surface area contributed by atoms with Crippen LogP contribution in [0.3, 0.4) is 0 Å². The van der Waals surface area contributed by atoms with Gasteiger partial charge in [0, 0.05) is 6.54 Å². The molecule has 0 fully saturated rings. The van der Waals surface area contributed by atoms with Crippen LogP contribution in [0, 0.1) is 0 Å². The largest absolute Gasteiger partial charge is 0.461 e. The molecular weight excluding hydrogens is 288 g/mol. The molecule has 0 saturated carbocycles. The van der Waals surface area contributed by atoms with E-state index in [9.17, 15) is 0 Å². The minimum atomic E-state index is -0.0158. The summed E-state index contributed by atoms with van der Waals surface area (Å²) in [5.41, 5.74) is 2.46. The van der Waals surface area contributed by atoms with Crippen molar-refractivity contribution < 1.29 is 4.74 Å². The van der Waals surface area contributed by atoms with Crippen molar-refractivity contribution in [3.8, 4) is 6.01 Å². The zero-order chi connectivity index (χ0) is 15.2. The predicted octanol–water partition coefficient (Wildman–Crippen LogP) is 3.49. The minimum Gasteiger partial charge on any atom is -0.461 e. The molecule has 2 rings (SSSR count). The van der Waals surface area contributed by atoms with Gasteiger partial charge in [-0.15, -0.1) is 0 Å². The van der Waals surface area contributed by atoms with Gasteiger partial charge in [-0.1, -0.05) is 31.2 Å². The molecule has 6 heteroatoms. The van der Waals surface area contributed by atoms with E-state index in [1.165, 1.54) is 5.56 Å². The van der Waals surface area contributed by atoms with Gasteiger partial charge in [-0.3, -0.25) is 0 Å². The highest BCUT2D eigenvalue weighted by molar-refractivity contribution is 6.28. The van der Waals surface area contributed by atoms with Gasteiger partial charge in [0.25, 0.3) is 0 Å². The molecule has 0 atom stereocenters. The Morgan fingerprint density at radius 1 is 1.10 bits per heavy atom. The zero-order valence-electron chi connectivity index (χ0n) is 12.4. The Labute approximate surface area is 129 Å². The Hall–Kier alpha value is -1.88. The summed E-state index contributed by atoms with van der Waals surface area (Å²) in [4.78, 5) is 12.2. The number of nitrogens with one attached hydrogen (secondary N) is 1. The van der Waals surface area contributed by atoms with Gasteiger partial charge in [0.05, 0.1) is 6.10 Å². The molecule has 0 aliphatic rings. The summed E-state index contributed by atoms with van der Waals surface area (Å²) in [6, 6.07) is 8.63. The molecule has 21 heavy (non-hydrogen) atoms. The molecule has 0 saturated heterocycles. The number of aryl methyl sites for hydroxylation is 1. The van der Waals surface area contributed by atoms with E-state index < -0.39 is 0 Å². The summed E-state index contributed by atoms with van der Waals surface area (Å²) in [7, 11) is 0. The number of ether oxygens (including phenoxy) is 1. The van der Waals surface area contributed by atoms with Crippen molar-refractivity contribution in [2.75, 3.05) is 5.32 Å². The molecule has 0 radical (unpaired) electrons. The molecule has 5 nitrogen and oxygen atoms in total. The van der Waals surface area contributed by atoms with Crippen LogP contribution in [0.5, 0.6) is 6.01 Å². The van der Waals surface area contributed by atoms with E-state index in [1.54, 1.807) is 0 Å². The van der Waals surface area contributed by atoms with Gasteiger partial charge in [-0.2, -0.15) is 15.0 Å². The normalized spacial score (nSPS) is 10.7. The number of anilines is 1. The number of hydrogen-bond donors (Lipinski definition) is 1. The average molecular weight is 307 g/mol. The van der Waals surface area contributed by atoms with Crippen LogP contribution in [0.15, 0.2) is 24.3 Å². The molecule has 1 N–H and O–H groups in total. The van der Waals surface area contributed by atoms with Gasteiger partial charge in [-0.25, -0.2) is 0 Å². The van der Waals surface area contributed by atoms with Crippen LogP contribution in [0.4, 0.5) is 5.95 Å². The fourth-order valence-corrected chi connectivity index (χ4v) is 1.90. The van der Waals surface area contributed by atoms with Crippen LogP contribution in [0.25, 0.3) is 0 Å². The van der Waals surface area contributed by atoms with Crippen molar-refractivity contribution in [1.29, 1.82) is 0 Å². The third-order valence-electron chi connectivity index (χ3n) is 2.81. The SMILES string of the molecule is CCc1ccc(CNc2nc(Cl)nc(OC(C)C)n2)cc1. The van der Waals surface area contributed by atoms with Crippen LogP contribution in [-0.4, -0.2) is 21.1 Å². The monoisotopic (exact) mass is 306 g/mol. The number of benzene rings is 1. The molecule has 2 aromatic rings. The predicted molar refractivity (Wildman–Crippen MR) is 83.7 cm³/mol. The highest BCUT2D eigenvalue weighted by Gasteiger charge is 2.07. The van der Waals surface area contributed by atoms with E-state index in [2.05, 4.69) is 51.5 Å². The first-order valence-corrected chi connectivity index (χ1v) is 7.34. The first kappa shape index (κ1) is 15.5. The van der Waals surface area contributed by atoms with Gasteiger partial charge in [0.15, 0.2) is 0 Å². The second-order valence-corrected chi connectivity index (χ2v) is 5.24. The molecular formula is C15H19ClN4O. The standard InChI is InChI=1S/C15H19ClN4O/c1-4-11-5-7-12(8-6-11)9-17-14-18-13(16)19-15(20-14)21-10(2)3/h5-8,10H,4,9H2,1-3H3,(H,17,18,19,20). The molecule has 0 aliphatic heterocycles. The van der Waals surface area contributed by atoms with Gasteiger partial charge in [0.2, 0.25) is 11.2 Å². The van der Waals surface area contributed by atoms with Gasteiger partial charge >= 0.3 is 6.01 Å². The van der Waals surface area contributed by atoms with E-state index >= 15 is 0 Å². The third-order valence-corrected chi connectivity index (χ3v) is 2.98. The van der Waals surface area contributed by atoms with E-state index in [1.807, 2.05) is 13.8 Å². The molecule has 0 bridgehead atoms. The Bertz CT molecular complexity index is 587. The first-order valence-electron chi connectivity index (χ1n) is 6.96. The molecule has 112 valence electrons. The van der Waals surface area contributed by atoms with Crippen LogP contribution < -0.4 is 10.1 Å². The molecule has 0 amide bonds. The molecule has 1 aromatic heterocycles. The van der Waals surface area contributed by atoms with Crippen LogP contribution >= 0.6 is 11.6 Å². The second-order valence-electron chi connectivity index (χ2n) is 4.90. The van der Waals surface area contributed by atoms with Crippen molar-refractivity contribution in [3.05, 3.63) is 40.7 Å². The molecule has 0 aliphatic carbocycles. The lowest BCUT2D eigenvalue weighted by Gasteiger charge is -2.10. The fourth-order valence-electron chi connectivity index (χ4n) is 1.75. The van der Waals surface area contributed by atoms with Gasteiger partial charge in [0.1, 0.15) is 0 Å². The highest BCUT2D eigenvalue weighted by atomic mass is 35.5. The topological polar surface area (TPSA) is 59.9 Å². The van der Waals surface area contributed by atoms with Crippen molar-refractivity contribution in [2.45, 2.75) is 39.8 Å². The van der Waals surface area contributed by atoms with E-state index in [0.717, 1.165) is 12.0 Å². The second kappa shape index (κ2) is 7.22. The number of aromatic nitrogens is 3. The maximum Gasteiger partial charge on any atom is 0.322 e. The number of halogens is 1. The van der Waals surface area contributed by atoms with Gasteiger partial charge in [-0.05, 0) is 43.0 Å². The summed E-state index contributed by atoms with van der Waals surface area (Å²) in [5.74, 6) is 0.408. The maximum absolute atomic E-state index is 5.87. The van der Waals surface area contributed by atoms with E-state index in [0.29, 0.717) is 12.5 Å². The van der Waals surface area contributed by atoms with E-state index in [4.69, 9.17) is 16.3 Å². The highest BCUT2D eigenvalue weighted by Crippen LogP contribution is 2.14. The van der Waals surface area contributed by atoms with E-state index in [-0.39, 0.29) is 17.4 Å². The minimum absolute atomic E-state index is 0.0158. The quantitative estimate of drug-likeness (QED) is 0.885. The lowest BCUT2D eigenvalue weighted by atomic mass is 10.1. The molecule has 1 aromatic carbocycles. The van der Waals surface area contributed by atoms with Crippen molar-refractivity contribution in [1.82, 2.24) is 15.0 Å². The Balaban J connectivity index is 2.03. The van der Waals surface area contributed by atoms with Crippen LogP contribution in [0.1, 0.15) is 31.9 Å². The van der Waals surface area contributed by atoms with Crippen molar-refractivity contribution in [3.63, 3.8) is 0 Å². The molecule has 0 spiro atoms. The average Bonchev–Trinajstić information content (AvgIpc) is 2.44. The number of nitrogens with zero attached hydrogens (tertiary/aromatic N) is 3. The smallest absolute Gasteiger partial charge is 0.322 e. The summed E-state index contributed by atoms with van der Waals surface area (Å²) in [6.07, 6.45) is 1.02. The van der Waals surface area contributed by atoms with Crippen LogP contribution in [0.2, 0.25) is 5.28 Å². The van der Waals surface area contributed by atoms with Crippen molar-refractivity contribution in [2.24, 2.45) is 0 Å². The first-order chi connectivity index (χ1) is 10.1. The summed E-state index contributed by atoms with van der Waals surface area (Å²) in [5, 5.41) is 3.24. The molecule has 1 heterocycles. The number of hydrogen-bond acceptors (Lipinski definition) is 5.